The summed E-state index contributed by atoms with van der Waals surface area (Å²) in [5.74, 6) is -6.92. The number of hydrogen-bond donors (Lipinski definition) is 1. The predicted octanol–water partition coefficient (Wildman–Crippen LogP) is 3.43. The Hall–Kier alpha value is -3.99. The van der Waals surface area contributed by atoms with Gasteiger partial charge in [-0.2, -0.15) is 8.78 Å². The molecule has 0 saturated carbocycles. The van der Waals surface area contributed by atoms with Crippen LogP contribution < -0.4 is 5.73 Å². The number of rotatable bonds is 10. The molecule has 3 amide bonds. The van der Waals surface area contributed by atoms with Crippen LogP contribution >= 0.6 is 0 Å². The molecule has 1 saturated heterocycles. The standard InChI is InChI=1S/C28H28F3N3O5/c1-16(32)17(2)39-15-34-25(36)12-10-23(27(34)38)33-14-19-13-18(3-9-22(19)26(33)37)4-11-24(35)28(30,31)20-5-7-21(29)8-6-20/h3,5-9,13,16,23H,2,4,10-12,14-15,32H2,1H3. The normalized spacial score (nSPS) is 18.3. The fourth-order valence-corrected chi connectivity index (χ4v) is 4.56. The summed E-state index contributed by atoms with van der Waals surface area (Å²) >= 11 is 0. The highest BCUT2D eigenvalue weighted by Crippen LogP contribution is 2.32. The van der Waals surface area contributed by atoms with Crippen LogP contribution in [0.3, 0.4) is 0 Å². The molecular formula is C28H28F3N3O5. The Morgan fingerprint density at radius 1 is 1.18 bits per heavy atom. The molecule has 0 radical (unpaired) electrons. The molecule has 2 unspecified atom stereocenters. The maximum Gasteiger partial charge on any atom is 0.330 e. The maximum absolute atomic E-state index is 14.5. The number of ketones is 1. The fourth-order valence-electron chi connectivity index (χ4n) is 4.56. The molecule has 11 heteroatoms. The quantitative estimate of drug-likeness (QED) is 0.363. The molecule has 2 aromatic rings. The maximum atomic E-state index is 14.5. The Balaban J connectivity index is 1.41. The second kappa shape index (κ2) is 11.0. The van der Waals surface area contributed by atoms with E-state index in [0.717, 1.165) is 29.2 Å². The first-order valence-electron chi connectivity index (χ1n) is 12.4. The van der Waals surface area contributed by atoms with Crippen LogP contribution in [0.15, 0.2) is 54.8 Å². The van der Waals surface area contributed by atoms with Gasteiger partial charge < -0.3 is 15.4 Å². The molecule has 39 heavy (non-hydrogen) atoms. The van der Waals surface area contributed by atoms with Gasteiger partial charge >= 0.3 is 5.92 Å². The number of alkyl halides is 2. The van der Waals surface area contributed by atoms with Gasteiger partial charge in [0.05, 0.1) is 6.04 Å². The summed E-state index contributed by atoms with van der Waals surface area (Å²) in [6.45, 7) is 5.03. The summed E-state index contributed by atoms with van der Waals surface area (Å²) in [6.07, 6.45) is -0.267. The van der Waals surface area contributed by atoms with Crippen molar-refractivity contribution in [3.05, 3.63) is 82.9 Å². The number of piperidine rings is 1. The number of Topliss-reactive ketones (excluding diaryl/α,β-unsaturated/α-hetero) is 1. The largest absolute Gasteiger partial charge is 0.476 e. The summed E-state index contributed by atoms with van der Waals surface area (Å²) in [7, 11) is 0. The minimum Gasteiger partial charge on any atom is -0.476 e. The van der Waals surface area contributed by atoms with Crippen LogP contribution in [0.25, 0.3) is 0 Å². The number of halogens is 3. The lowest BCUT2D eigenvalue weighted by Crippen LogP contribution is -2.55. The third-order valence-electron chi connectivity index (χ3n) is 6.95. The fraction of sp³-hybridized carbons (Fsp3) is 0.357. The lowest BCUT2D eigenvalue weighted by molar-refractivity contribution is -0.157. The van der Waals surface area contributed by atoms with Crippen molar-refractivity contribution in [2.45, 2.75) is 57.2 Å². The van der Waals surface area contributed by atoms with E-state index in [9.17, 15) is 32.3 Å². The molecule has 0 spiro atoms. The molecule has 8 nitrogen and oxygen atoms in total. The van der Waals surface area contributed by atoms with Gasteiger partial charge in [0.1, 0.15) is 17.6 Å². The highest BCUT2D eigenvalue weighted by Gasteiger charge is 2.43. The summed E-state index contributed by atoms with van der Waals surface area (Å²) in [6, 6.07) is 6.90. The van der Waals surface area contributed by atoms with Gasteiger partial charge in [-0.05, 0) is 61.2 Å². The van der Waals surface area contributed by atoms with Crippen LogP contribution in [-0.4, -0.2) is 52.1 Å². The van der Waals surface area contributed by atoms with E-state index in [-0.39, 0.29) is 44.2 Å². The molecule has 0 aliphatic carbocycles. The molecule has 206 valence electrons. The van der Waals surface area contributed by atoms with Crippen molar-refractivity contribution < 1.29 is 37.1 Å². The first-order chi connectivity index (χ1) is 18.4. The van der Waals surface area contributed by atoms with Gasteiger partial charge in [0.25, 0.3) is 11.8 Å². The van der Waals surface area contributed by atoms with Crippen molar-refractivity contribution in [3.63, 3.8) is 0 Å². The van der Waals surface area contributed by atoms with Gasteiger partial charge in [0.2, 0.25) is 11.7 Å². The summed E-state index contributed by atoms with van der Waals surface area (Å²) in [5, 5.41) is 0. The summed E-state index contributed by atoms with van der Waals surface area (Å²) < 4.78 is 47.5. The van der Waals surface area contributed by atoms with E-state index in [4.69, 9.17) is 10.5 Å². The van der Waals surface area contributed by atoms with E-state index in [0.29, 0.717) is 16.7 Å². The smallest absolute Gasteiger partial charge is 0.330 e. The van der Waals surface area contributed by atoms with Crippen LogP contribution in [0, 0.1) is 5.82 Å². The summed E-state index contributed by atoms with van der Waals surface area (Å²) in [5.41, 5.74) is 6.62. The lowest BCUT2D eigenvalue weighted by Gasteiger charge is -2.35. The number of ether oxygens (including phenoxy) is 1. The molecule has 2 heterocycles. The van der Waals surface area contributed by atoms with Gasteiger partial charge in [0, 0.05) is 30.5 Å². The zero-order valence-electron chi connectivity index (χ0n) is 21.3. The molecule has 0 bridgehead atoms. The Kier molecular flexibility index (Phi) is 7.91. The number of nitrogens with two attached hydrogens (primary N) is 1. The number of benzene rings is 2. The number of carbonyl (C=O) groups is 4. The number of nitrogens with zero attached hydrogens (tertiary/aromatic N) is 2. The second-order valence-corrected chi connectivity index (χ2v) is 9.67. The monoisotopic (exact) mass is 543 g/mol. The third kappa shape index (κ3) is 5.73. The van der Waals surface area contributed by atoms with Gasteiger partial charge in [-0.3, -0.25) is 19.2 Å². The highest BCUT2D eigenvalue weighted by atomic mass is 19.3. The predicted molar refractivity (Wildman–Crippen MR) is 134 cm³/mol. The van der Waals surface area contributed by atoms with Crippen LogP contribution in [0.4, 0.5) is 13.2 Å². The number of carbonyl (C=O) groups excluding carboxylic acids is 4. The molecular weight excluding hydrogens is 515 g/mol. The van der Waals surface area contributed by atoms with Crippen molar-refractivity contribution in [1.82, 2.24) is 9.80 Å². The topological polar surface area (TPSA) is 110 Å². The highest BCUT2D eigenvalue weighted by molar-refractivity contribution is 6.05. The molecule has 4 rings (SSSR count). The lowest BCUT2D eigenvalue weighted by atomic mass is 9.97. The molecule has 2 aromatic carbocycles. The first-order valence-corrected chi connectivity index (χ1v) is 12.4. The number of likely N-dealkylation sites (tertiary alicyclic amines) is 1. The number of fused-ring (bicyclic) bond motifs is 1. The number of aryl methyl sites for hydroxylation is 1. The van der Waals surface area contributed by atoms with E-state index in [1.54, 1.807) is 25.1 Å². The van der Waals surface area contributed by atoms with E-state index in [2.05, 4.69) is 6.58 Å². The molecule has 2 atom stereocenters. The van der Waals surface area contributed by atoms with Crippen LogP contribution in [-0.2, 0) is 38.0 Å². The van der Waals surface area contributed by atoms with Gasteiger partial charge in [-0.25, -0.2) is 9.29 Å². The van der Waals surface area contributed by atoms with Crippen molar-refractivity contribution in [2.24, 2.45) is 5.73 Å². The average molecular weight is 544 g/mol. The third-order valence-corrected chi connectivity index (χ3v) is 6.95. The van der Waals surface area contributed by atoms with Crippen molar-refractivity contribution >= 4 is 23.5 Å². The zero-order valence-corrected chi connectivity index (χ0v) is 21.3. The number of hydrogen-bond acceptors (Lipinski definition) is 6. The zero-order chi connectivity index (χ0) is 28.5. The number of amides is 3. The number of imide groups is 1. The van der Waals surface area contributed by atoms with E-state index >= 15 is 0 Å². The Morgan fingerprint density at radius 2 is 1.87 bits per heavy atom. The molecule has 0 aromatic heterocycles. The van der Waals surface area contributed by atoms with E-state index < -0.39 is 53.4 Å². The van der Waals surface area contributed by atoms with Gasteiger partial charge in [0.15, 0.2) is 6.73 Å². The van der Waals surface area contributed by atoms with E-state index in [1.807, 2.05) is 0 Å². The van der Waals surface area contributed by atoms with E-state index in [1.165, 1.54) is 4.90 Å². The van der Waals surface area contributed by atoms with Crippen molar-refractivity contribution in [2.75, 3.05) is 6.73 Å². The molecule has 2 aliphatic rings. The van der Waals surface area contributed by atoms with Crippen LogP contribution in [0.1, 0.15) is 53.2 Å². The average Bonchev–Trinajstić information content (AvgIpc) is 3.22. The second-order valence-electron chi connectivity index (χ2n) is 9.67. The first kappa shape index (κ1) is 28.0. The van der Waals surface area contributed by atoms with Crippen molar-refractivity contribution in [3.8, 4) is 0 Å². The minimum atomic E-state index is -3.76. The molecule has 2 aliphatic heterocycles. The Morgan fingerprint density at radius 3 is 2.54 bits per heavy atom. The van der Waals surface area contributed by atoms with Gasteiger partial charge in [-0.15, -0.1) is 0 Å². The van der Waals surface area contributed by atoms with Gasteiger partial charge in [-0.1, -0.05) is 18.7 Å². The Bertz CT molecular complexity index is 1330. The van der Waals surface area contributed by atoms with Crippen LogP contribution in [0.2, 0.25) is 0 Å². The van der Waals surface area contributed by atoms with Crippen LogP contribution in [0.5, 0.6) is 0 Å². The Labute approximate surface area is 223 Å². The SMILES string of the molecule is C=C(OCN1C(=O)CCC(N2Cc3cc(CCC(=O)C(F)(F)c4ccc(F)cc4)ccc3C2=O)C1=O)C(C)N. The molecule has 2 N–H and O–H groups in total. The van der Waals surface area contributed by atoms with Crippen molar-refractivity contribution in [1.29, 1.82) is 0 Å². The minimum absolute atomic E-state index is 0.00250. The molecule has 1 fully saturated rings. The summed E-state index contributed by atoms with van der Waals surface area (Å²) in [4.78, 5) is 53.2.